The van der Waals surface area contributed by atoms with Gasteiger partial charge in [0, 0.05) is 23.7 Å². The third-order valence-electron chi connectivity index (χ3n) is 2.27. The lowest BCUT2D eigenvalue weighted by Gasteiger charge is -2.15. The molecule has 0 spiro atoms. The van der Waals surface area contributed by atoms with Gasteiger partial charge in [-0.3, -0.25) is 16.0 Å². The van der Waals surface area contributed by atoms with Gasteiger partial charge < -0.3 is 4.98 Å². The van der Waals surface area contributed by atoms with Gasteiger partial charge in [0.2, 0.25) is 0 Å². The standard InChI is InChI=1S/C10H18N6S/c1-8-9(16-7-15-8)5-17-4-3-13-10(12-2)14-6-11/h7,10,12-14H,3-5H2,1-2H3,(H,15,16). The molecule has 0 bridgehead atoms. The lowest BCUT2D eigenvalue weighted by molar-refractivity contribution is 0.435. The maximum atomic E-state index is 8.47. The maximum Gasteiger partial charge on any atom is 0.178 e. The number of nitrogens with one attached hydrogen (secondary N) is 4. The van der Waals surface area contributed by atoms with Gasteiger partial charge in [0.05, 0.1) is 12.0 Å². The highest BCUT2D eigenvalue weighted by Crippen LogP contribution is 2.11. The molecule has 1 aromatic heterocycles. The molecule has 6 nitrogen and oxygen atoms in total. The lowest BCUT2D eigenvalue weighted by atomic mass is 10.4. The van der Waals surface area contributed by atoms with E-state index in [1.54, 1.807) is 13.4 Å². The van der Waals surface area contributed by atoms with Crippen molar-refractivity contribution in [3.63, 3.8) is 0 Å². The predicted octanol–water partition coefficient (Wildman–Crippen LogP) is 0.115. The first-order valence-electron chi connectivity index (χ1n) is 5.39. The minimum atomic E-state index is -0.160. The monoisotopic (exact) mass is 254 g/mol. The molecule has 94 valence electrons. The normalized spacial score (nSPS) is 12.1. The molecule has 0 radical (unpaired) electrons. The van der Waals surface area contributed by atoms with Crippen LogP contribution in [0, 0.1) is 18.4 Å². The highest BCUT2D eigenvalue weighted by molar-refractivity contribution is 7.98. The van der Waals surface area contributed by atoms with Gasteiger partial charge in [0.25, 0.3) is 0 Å². The second-order valence-electron chi connectivity index (χ2n) is 3.46. The van der Waals surface area contributed by atoms with Crippen molar-refractivity contribution in [2.24, 2.45) is 0 Å². The third-order valence-corrected chi connectivity index (χ3v) is 3.24. The molecule has 1 aromatic rings. The Morgan fingerprint density at radius 1 is 1.65 bits per heavy atom. The molecule has 0 aliphatic carbocycles. The van der Waals surface area contributed by atoms with Crippen molar-refractivity contribution < 1.29 is 0 Å². The van der Waals surface area contributed by atoms with Crippen molar-refractivity contribution in [3.05, 3.63) is 17.7 Å². The molecule has 4 N–H and O–H groups in total. The Balaban J connectivity index is 2.09. The summed E-state index contributed by atoms with van der Waals surface area (Å²) < 4.78 is 0. The summed E-state index contributed by atoms with van der Waals surface area (Å²) in [5.41, 5.74) is 2.24. The molecule has 0 aromatic carbocycles. The fourth-order valence-electron chi connectivity index (χ4n) is 1.27. The van der Waals surface area contributed by atoms with E-state index in [0.717, 1.165) is 29.4 Å². The van der Waals surface area contributed by atoms with Crippen molar-refractivity contribution in [1.29, 1.82) is 5.26 Å². The molecule has 0 aliphatic rings. The number of imidazole rings is 1. The number of hydrogen-bond donors (Lipinski definition) is 4. The van der Waals surface area contributed by atoms with Crippen molar-refractivity contribution in [2.75, 3.05) is 19.3 Å². The number of aromatic amines is 1. The molecular formula is C10H18N6S. The minimum absolute atomic E-state index is 0.160. The molecule has 0 saturated heterocycles. The average molecular weight is 254 g/mol. The van der Waals surface area contributed by atoms with E-state index in [1.807, 2.05) is 24.9 Å². The van der Waals surface area contributed by atoms with Crippen molar-refractivity contribution >= 4 is 11.8 Å². The molecule has 1 heterocycles. The first kappa shape index (κ1) is 13.8. The van der Waals surface area contributed by atoms with Gasteiger partial charge in [-0.25, -0.2) is 4.98 Å². The Morgan fingerprint density at radius 3 is 3.06 bits per heavy atom. The zero-order valence-electron chi connectivity index (χ0n) is 10.1. The zero-order chi connectivity index (χ0) is 12.5. The van der Waals surface area contributed by atoms with E-state index in [9.17, 15) is 0 Å². The lowest BCUT2D eigenvalue weighted by Crippen LogP contribution is -2.50. The second kappa shape index (κ2) is 7.95. The summed E-state index contributed by atoms with van der Waals surface area (Å²) >= 11 is 1.81. The summed E-state index contributed by atoms with van der Waals surface area (Å²) in [5, 5.41) is 17.2. The van der Waals surface area contributed by atoms with Gasteiger partial charge >= 0.3 is 0 Å². The Kier molecular flexibility index (Phi) is 6.47. The van der Waals surface area contributed by atoms with Crippen molar-refractivity contribution in [3.8, 4) is 6.19 Å². The second-order valence-corrected chi connectivity index (χ2v) is 4.56. The average Bonchev–Trinajstić information content (AvgIpc) is 2.73. The van der Waals surface area contributed by atoms with Gasteiger partial charge in [-0.05, 0) is 14.0 Å². The van der Waals surface area contributed by atoms with Crippen LogP contribution in [0.15, 0.2) is 6.33 Å². The first-order valence-corrected chi connectivity index (χ1v) is 6.55. The fourth-order valence-corrected chi connectivity index (χ4v) is 2.16. The molecule has 0 fully saturated rings. The number of aryl methyl sites for hydroxylation is 1. The minimum Gasteiger partial charge on any atom is -0.348 e. The SMILES string of the molecule is CNC(NC#N)NCCSCc1nc[nH]c1C. The van der Waals surface area contributed by atoms with E-state index in [4.69, 9.17) is 5.26 Å². The van der Waals surface area contributed by atoms with Crippen LogP contribution < -0.4 is 16.0 Å². The summed E-state index contributed by atoms with van der Waals surface area (Å²) in [6.45, 7) is 2.85. The zero-order valence-corrected chi connectivity index (χ0v) is 10.9. The molecule has 1 rings (SSSR count). The number of hydrogen-bond acceptors (Lipinski definition) is 6. The third kappa shape index (κ3) is 5.08. The summed E-state index contributed by atoms with van der Waals surface area (Å²) in [6.07, 6.45) is 3.45. The Hall–Kier alpha value is -1.23. The molecule has 1 atom stereocenters. The van der Waals surface area contributed by atoms with E-state index < -0.39 is 0 Å². The number of nitriles is 1. The molecule has 0 aliphatic heterocycles. The van der Waals surface area contributed by atoms with Crippen LogP contribution in [-0.4, -0.2) is 35.6 Å². The number of thioether (sulfide) groups is 1. The van der Waals surface area contributed by atoms with E-state index >= 15 is 0 Å². The number of rotatable bonds is 8. The first-order chi connectivity index (χ1) is 8.27. The highest BCUT2D eigenvalue weighted by Gasteiger charge is 2.03. The van der Waals surface area contributed by atoms with Crippen LogP contribution >= 0.6 is 11.8 Å². The van der Waals surface area contributed by atoms with Crippen molar-refractivity contribution in [1.82, 2.24) is 25.9 Å². The fraction of sp³-hybridized carbons (Fsp3) is 0.600. The van der Waals surface area contributed by atoms with E-state index in [1.165, 1.54) is 0 Å². The summed E-state index contributed by atoms with van der Waals surface area (Å²) in [7, 11) is 1.79. The van der Waals surface area contributed by atoms with E-state index in [2.05, 4.69) is 25.9 Å². The van der Waals surface area contributed by atoms with Crippen LogP contribution in [-0.2, 0) is 5.75 Å². The van der Waals surface area contributed by atoms with Gasteiger partial charge in [-0.15, -0.1) is 0 Å². The molecule has 17 heavy (non-hydrogen) atoms. The highest BCUT2D eigenvalue weighted by atomic mass is 32.2. The van der Waals surface area contributed by atoms with Crippen LogP contribution in [0.3, 0.4) is 0 Å². The van der Waals surface area contributed by atoms with Crippen LogP contribution in [0.25, 0.3) is 0 Å². The van der Waals surface area contributed by atoms with Crippen LogP contribution in [0.5, 0.6) is 0 Å². The Labute approximate surface area is 106 Å². The molecule has 7 heteroatoms. The van der Waals surface area contributed by atoms with Crippen molar-refractivity contribution in [2.45, 2.75) is 19.0 Å². The predicted molar refractivity (Wildman–Crippen MR) is 69.1 cm³/mol. The van der Waals surface area contributed by atoms with E-state index in [0.29, 0.717) is 0 Å². The molecular weight excluding hydrogens is 236 g/mol. The number of H-pyrrole nitrogens is 1. The maximum absolute atomic E-state index is 8.47. The largest absolute Gasteiger partial charge is 0.348 e. The molecule has 0 amide bonds. The topological polar surface area (TPSA) is 88.6 Å². The van der Waals surface area contributed by atoms with Crippen LogP contribution in [0.1, 0.15) is 11.4 Å². The number of nitrogens with zero attached hydrogens (tertiary/aromatic N) is 2. The van der Waals surface area contributed by atoms with Crippen LogP contribution in [0.2, 0.25) is 0 Å². The van der Waals surface area contributed by atoms with Gasteiger partial charge in [0.15, 0.2) is 6.19 Å². The van der Waals surface area contributed by atoms with Gasteiger partial charge in [-0.1, -0.05) is 0 Å². The Morgan fingerprint density at radius 2 is 2.47 bits per heavy atom. The van der Waals surface area contributed by atoms with E-state index in [-0.39, 0.29) is 6.29 Å². The summed E-state index contributed by atoms with van der Waals surface area (Å²) in [6, 6.07) is 0. The smallest absolute Gasteiger partial charge is 0.178 e. The Bertz CT molecular complexity index is 358. The van der Waals surface area contributed by atoms with Crippen LogP contribution in [0.4, 0.5) is 0 Å². The summed E-state index contributed by atoms with van der Waals surface area (Å²) in [5.74, 6) is 1.88. The van der Waals surface area contributed by atoms with Gasteiger partial charge in [-0.2, -0.15) is 17.0 Å². The number of aromatic nitrogens is 2. The summed E-state index contributed by atoms with van der Waals surface area (Å²) in [4.78, 5) is 7.29. The molecule has 1 unspecified atom stereocenters. The molecule has 0 saturated carbocycles. The van der Waals surface area contributed by atoms with Gasteiger partial charge in [0.1, 0.15) is 6.29 Å². The quantitative estimate of drug-likeness (QED) is 0.228.